The summed E-state index contributed by atoms with van der Waals surface area (Å²) in [5.41, 5.74) is 2.39. The van der Waals surface area contributed by atoms with Crippen molar-refractivity contribution < 1.29 is 9.90 Å². The molecule has 2 rings (SSSR count). The second-order valence-corrected chi connectivity index (χ2v) is 5.05. The van der Waals surface area contributed by atoms with Crippen LogP contribution in [0.2, 0.25) is 0 Å². The number of aromatic nitrogens is 2. The van der Waals surface area contributed by atoms with Gasteiger partial charge in [-0.05, 0) is 6.92 Å². The van der Waals surface area contributed by atoms with Gasteiger partial charge >= 0.3 is 5.97 Å². The minimum Gasteiger partial charge on any atom is -0.481 e. The van der Waals surface area contributed by atoms with Crippen molar-refractivity contribution in [3.05, 3.63) is 22.3 Å². The molecule has 0 bridgehead atoms. The molecule has 2 aromatic heterocycles. The molecule has 0 atom stereocenters. The number of nitrogens with zero attached hydrogens (tertiary/aromatic N) is 2. The Morgan fingerprint density at radius 2 is 2.40 bits per heavy atom. The van der Waals surface area contributed by atoms with E-state index in [1.54, 1.807) is 11.7 Å². The molecule has 0 aliphatic carbocycles. The first-order valence-corrected chi connectivity index (χ1v) is 5.93. The molecule has 0 aliphatic heterocycles. The van der Waals surface area contributed by atoms with Crippen molar-refractivity contribution in [2.75, 3.05) is 0 Å². The molecular formula is C9H8N2O2S2. The number of aliphatic carboxylic acids is 1. The van der Waals surface area contributed by atoms with Crippen LogP contribution in [0.3, 0.4) is 0 Å². The van der Waals surface area contributed by atoms with E-state index in [1.807, 2.05) is 6.92 Å². The van der Waals surface area contributed by atoms with E-state index in [9.17, 15) is 4.79 Å². The Morgan fingerprint density at radius 1 is 1.60 bits per heavy atom. The summed E-state index contributed by atoms with van der Waals surface area (Å²) < 4.78 is 0. The summed E-state index contributed by atoms with van der Waals surface area (Å²) in [6, 6.07) is 0. The molecule has 0 saturated carbocycles. The van der Waals surface area contributed by atoms with E-state index >= 15 is 0 Å². The average Bonchev–Trinajstić information content (AvgIpc) is 2.75. The van der Waals surface area contributed by atoms with Crippen LogP contribution in [0.15, 0.2) is 11.7 Å². The maximum Gasteiger partial charge on any atom is 0.309 e. The molecule has 0 saturated heterocycles. The fraction of sp³-hybridized carbons (Fsp3) is 0.222. The Kier molecular flexibility index (Phi) is 2.79. The van der Waals surface area contributed by atoms with Crippen LogP contribution in [-0.4, -0.2) is 21.0 Å². The smallest absolute Gasteiger partial charge is 0.309 e. The number of carboxylic acid groups (broad SMARTS) is 1. The Labute approximate surface area is 94.3 Å². The summed E-state index contributed by atoms with van der Waals surface area (Å²) in [7, 11) is 0. The third kappa shape index (κ3) is 2.21. The standard InChI is InChI=1S/C9H8N2O2S2/c1-5-6(2-8(12)13)11-9(15-5)7-3-10-4-14-7/h3-4H,2H2,1H3,(H,12,13). The number of hydrogen-bond acceptors (Lipinski definition) is 5. The van der Waals surface area contributed by atoms with Gasteiger partial charge in [-0.2, -0.15) is 0 Å². The lowest BCUT2D eigenvalue weighted by molar-refractivity contribution is -0.136. The zero-order valence-electron chi connectivity index (χ0n) is 7.93. The fourth-order valence-corrected chi connectivity index (χ4v) is 2.77. The van der Waals surface area contributed by atoms with Crippen molar-refractivity contribution in [3.8, 4) is 9.88 Å². The number of carboxylic acids is 1. The first-order chi connectivity index (χ1) is 7.16. The summed E-state index contributed by atoms with van der Waals surface area (Å²) in [6.45, 7) is 1.89. The van der Waals surface area contributed by atoms with Crippen LogP contribution in [0.5, 0.6) is 0 Å². The van der Waals surface area contributed by atoms with Gasteiger partial charge in [0.2, 0.25) is 0 Å². The highest BCUT2D eigenvalue weighted by molar-refractivity contribution is 7.20. The van der Waals surface area contributed by atoms with Crippen molar-refractivity contribution in [1.29, 1.82) is 0 Å². The quantitative estimate of drug-likeness (QED) is 0.893. The number of hydrogen-bond donors (Lipinski definition) is 1. The van der Waals surface area contributed by atoms with Gasteiger partial charge in [0.25, 0.3) is 0 Å². The van der Waals surface area contributed by atoms with Gasteiger partial charge in [-0.1, -0.05) is 0 Å². The van der Waals surface area contributed by atoms with Gasteiger partial charge in [-0.25, -0.2) is 4.98 Å². The Balaban J connectivity index is 2.33. The second kappa shape index (κ2) is 4.08. The fourth-order valence-electron chi connectivity index (χ4n) is 1.16. The first kappa shape index (κ1) is 10.3. The lowest BCUT2D eigenvalue weighted by atomic mass is 10.3. The van der Waals surface area contributed by atoms with Crippen molar-refractivity contribution in [2.45, 2.75) is 13.3 Å². The van der Waals surface area contributed by atoms with Gasteiger partial charge in [0, 0.05) is 11.1 Å². The predicted octanol–water partition coefficient (Wildman–Crippen LogP) is 2.20. The Bertz CT molecular complexity index is 476. The Hall–Kier alpha value is -1.27. The van der Waals surface area contributed by atoms with E-state index < -0.39 is 5.97 Å². The zero-order chi connectivity index (χ0) is 10.8. The van der Waals surface area contributed by atoms with Crippen LogP contribution in [-0.2, 0) is 11.2 Å². The molecule has 78 valence electrons. The summed E-state index contributed by atoms with van der Waals surface area (Å²) in [5, 5.41) is 9.54. The maximum absolute atomic E-state index is 10.6. The zero-order valence-corrected chi connectivity index (χ0v) is 9.56. The molecule has 0 radical (unpaired) electrons. The van der Waals surface area contributed by atoms with Gasteiger partial charge in [-0.3, -0.25) is 9.78 Å². The van der Waals surface area contributed by atoms with E-state index in [1.165, 1.54) is 22.7 Å². The third-order valence-corrected chi connectivity index (χ3v) is 3.81. The molecular weight excluding hydrogens is 232 g/mol. The van der Waals surface area contributed by atoms with E-state index in [0.717, 1.165) is 14.8 Å². The van der Waals surface area contributed by atoms with Crippen molar-refractivity contribution in [1.82, 2.24) is 9.97 Å². The molecule has 0 fully saturated rings. The molecule has 0 spiro atoms. The van der Waals surface area contributed by atoms with Gasteiger partial charge < -0.3 is 5.11 Å². The minimum atomic E-state index is -0.848. The Morgan fingerprint density at radius 3 is 3.00 bits per heavy atom. The van der Waals surface area contributed by atoms with Gasteiger partial charge in [0.05, 0.1) is 22.5 Å². The monoisotopic (exact) mass is 240 g/mol. The van der Waals surface area contributed by atoms with E-state index in [2.05, 4.69) is 9.97 Å². The summed E-state index contributed by atoms with van der Waals surface area (Å²) in [5.74, 6) is -0.848. The molecule has 1 N–H and O–H groups in total. The van der Waals surface area contributed by atoms with Crippen LogP contribution in [0, 0.1) is 6.92 Å². The highest BCUT2D eigenvalue weighted by atomic mass is 32.1. The summed E-state index contributed by atoms with van der Waals surface area (Å²) in [6.07, 6.45) is 1.73. The summed E-state index contributed by atoms with van der Waals surface area (Å²) >= 11 is 3.02. The number of aryl methyl sites for hydroxylation is 1. The predicted molar refractivity (Wildman–Crippen MR) is 59.3 cm³/mol. The highest BCUT2D eigenvalue weighted by Gasteiger charge is 2.12. The molecule has 0 aromatic carbocycles. The van der Waals surface area contributed by atoms with Crippen LogP contribution in [0.4, 0.5) is 0 Å². The molecule has 2 aromatic rings. The average molecular weight is 240 g/mol. The molecule has 0 amide bonds. The molecule has 6 heteroatoms. The number of carbonyl (C=O) groups is 1. The van der Waals surface area contributed by atoms with Gasteiger partial charge in [0.1, 0.15) is 5.01 Å². The van der Waals surface area contributed by atoms with Gasteiger partial charge in [0.15, 0.2) is 0 Å². The van der Waals surface area contributed by atoms with E-state index in [0.29, 0.717) is 5.69 Å². The second-order valence-electron chi connectivity index (χ2n) is 2.96. The lowest BCUT2D eigenvalue weighted by Gasteiger charge is -1.90. The van der Waals surface area contributed by atoms with Crippen molar-refractivity contribution >= 4 is 28.6 Å². The first-order valence-electron chi connectivity index (χ1n) is 4.24. The van der Waals surface area contributed by atoms with Crippen LogP contribution >= 0.6 is 22.7 Å². The largest absolute Gasteiger partial charge is 0.481 e. The highest BCUT2D eigenvalue weighted by Crippen LogP contribution is 2.30. The van der Waals surface area contributed by atoms with Crippen LogP contribution < -0.4 is 0 Å². The third-order valence-electron chi connectivity index (χ3n) is 1.85. The number of thiazole rings is 2. The maximum atomic E-state index is 10.6. The minimum absolute atomic E-state index is 0.0128. The summed E-state index contributed by atoms with van der Waals surface area (Å²) in [4.78, 5) is 20.8. The van der Waals surface area contributed by atoms with Crippen molar-refractivity contribution in [3.63, 3.8) is 0 Å². The lowest BCUT2D eigenvalue weighted by Crippen LogP contribution is -2.01. The molecule has 2 heterocycles. The van der Waals surface area contributed by atoms with E-state index in [4.69, 9.17) is 5.11 Å². The van der Waals surface area contributed by atoms with Crippen molar-refractivity contribution in [2.24, 2.45) is 0 Å². The number of rotatable bonds is 3. The molecule has 0 unspecified atom stereocenters. The molecule has 15 heavy (non-hydrogen) atoms. The van der Waals surface area contributed by atoms with Crippen LogP contribution in [0.1, 0.15) is 10.6 Å². The normalized spacial score (nSPS) is 10.5. The van der Waals surface area contributed by atoms with Crippen LogP contribution in [0.25, 0.3) is 9.88 Å². The van der Waals surface area contributed by atoms with Gasteiger partial charge in [-0.15, -0.1) is 22.7 Å². The SMILES string of the molecule is Cc1sc(-c2cncs2)nc1CC(=O)O. The molecule has 4 nitrogen and oxygen atoms in total. The van der Waals surface area contributed by atoms with E-state index in [-0.39, 0.29) is 6.42 Å². The topological polar surface area (TPSA) is 63.1 Å². The molecule has 0 aliphatic rings.